The molecule has 0 aliphatic rings. The first-order valence-corrected chi connectivity index (χ1v) is 4.78. The Kier molecular flexibility index (Phi) is 3.61. The van der Waals surface area contributed by atoms with Crippen LogP contribution in [-0.2, 0) is 4.79 Å². The van der Waals surface area contributed by atoms with E-state index in [1.54, 1.807) is 6.92 Å². The van der Waals surface area contributed by atoms with Gasteiger partial charge in [-0.05, 0) is 12.1 Å². The summed E-state index contributed by atoms with van der Waals surface area (Å²) in [5.74, 6) is -0.314. The second kappa shape index (κ2) is 4.53. The quantitative estimate of drug-likeness (QED) is 0.772. The van der Waals surface area contributed by atoms with Crippen molar-refractivity contribution in [1.82, 2.24) is 0 Å². The molecule has 0 fully saturated rings. The third kappa shape index (κ3) is 2.53. The molecule has 3 nitrogen and oxygen atoms in total. The predicted octanol–water partition coefficient (Wildman–Crippen LogP) is 3.05. The molecule has 0 spiro atoms. The van der Waals surface area contributed by atoms with Gasteiger partial charge in [0.2, 0.25) is 5.91 Å². The Morgan fingerprint density at radius 3 is 2.36 bits per heavy atom. The topological polar surface area (TPSA) is 49.3 Å². The molecule has 5 heteroatoms. The van der Waals surface area contributed by atoms with Crippen LogP contribution >= 0.6 is 23.2 Å². The zero-order chi connectivity index (χ0) is 10.7. The molecule has 2 N–H and O–H groups in total. The number of aromatic hydroxyl groups is 1. The summed E-state index contributed by atoms with van der Waals surface area (Å²) in [4.78, 5) is 11.0. The fraction of sp³-hybridized carbons (Fsp3) is 0.222. The van der Waals surface area contributed by atoms with Crippen molar-refractivity contribution in [3.63, 3.8) is 0 Å². The molecule has 0 radical (unpaired) electrons. The van der Waals surface area contributed by atoms with E-state index < -0.39 is 0 Å². The summed E-state index contributed by atoms with van der Waals surface area (Å²) in [6, 6.07) is 2.88. The molecule has 0 aliphatic heterocycles. The average Bonchev–Trinajstić information content (AvgIpc) is 2.14. The Hall–Kier alpha value is -0.930. The third-order valence-corrected chi connectivity index (χ3v) is 2.20. The van der Waals surface area contributed by atoms with Crippen LogP contribution in [0.5, 0.6) is 5.75 Å². The van der Waals surface area contributed by atoms with Crippen LogP contribution < -0.4 is 5.32 Å². The number of anilines is 1. The van der Waals surface area contributed by atoms with Crippen LogP contribution in [0, 0.1) is 0 Å². The minimum Gasteiger partial charge on any atom is -0.505 e. The summed E-state index contributed by atoms with van der Waals surface area (Å²) in [5, 5.41) is 12.1. The van der Waals surface area contributed by atoms with Gasteiger partial charge in [0.15, 0.2) is 5.75 Å². The van der Waals surface area contributed by atoms with Crippen molar-refractivity contribution in [3.05, 3.63) is 22.2 Å². The summed E-state index contributed by atoms with van der Waals surface area (Å²) < 4.78 is 0. The van der Waals surface area contributed by atoms with Crippen molar-refractivity contribution < 1.29 is 9.90 Å². The Labute approximate surface area is 91.6 Å². The van der Waals surface area contributed by atoms with E-state index >= 15 is 0 Å². The predicted molar refractivity (Wildman–Crippen MR) is 57.0 cm³/mol. The molecule has 1 rings (SSSR count). The van der Waals surface area contributed by atoms with E-state index in [-0.39, 0.29) is 21.7 Å². The molecular weight excluding hydrogens is 225 g/mol. The summed E-state index contributed by atoms with van der Waals surface area (Å²) in [6.45, 7) is 1.74. The standard InChI is InChI=1S/C9H9Cl2NO2/c1-2-8(13)12-5-3-6(10)9(14)7(11)4-5/h3-4,14H,2H2,1H3,(H,12,13). The maximum absolute atomic E-state index is 11.0. The molecule has 0 saturated carbocycles. The number of carbonyl (C=O) groups excluding carboxylic acids is 1. The summed E-state index contributed by atoms with van der Waals surface area (Å²) in [7, 11) is 0. The first kappa shape index (κ1) is 11.1. The normalized spacial score (nSPS) is 9.93. The Bertz CT molecular complexity index is 343. The van der Waals surface area contributed by atoms with Crippen molar-refractivity contribution in [2.45, 2.75) is 13.3 Å². The minimum atomic E-state index is -0.178. The van der Waals surface area contributed by atoms with Crippen LogP contribution in [0.15, 0.2) is 12.1 Å². The summed E-state index contributed by atoms with van der Waals surface area (Å²) in [6.07, 6.45) is 0.371. The molecular formula is C9H9Cl2NO2. The van der Waals surface area contributed by atoms with Crippen LogP contribution in [0.4, 0.5) is 5.69 Å². The number of phenolic OH excluding ortho intramolecular Hbond substituents is 1. The second-order valence-corrected chi connectivity index (χ2v) is 3.50. The smallest absolute Gasteiger partial charge is 0.224 e. The van der Waals surface area contributed by atoms with Crippen LogP contribution in [0.1, 0.15) is 13.3 Å². The van der Waals surface area contributed by atoms with Crippen molar-refractivity contribution in [2.75, 3.05) is 5.32 Å². The van der Waals surface area contributed by atoms with Crippen molar-refractivity contribution in [1.29, 1.82) is 0 Å². The number of hydrogen-bond donors (Lipinski definition) is 2. The highest BCUT2D eigenvalue weighted by molar-refractivity contribution is 6.37. The van der Waals surface area contributed by atoms with Crippen LogP contribution in [0.3, 0.4) is 0 Å². The van der Waals surface area contributed by atoms with Gasteiger partial charge in [-0.1, -0.05) is 30.1 Å². The van der Waals surface area contributed by atoms with Gasteiger partial charge in [-0.25, -0.2) is 0 Å². The molecule has 0 aliphatic carbocycles. The van der Waals surface area contributed by atoms with Crippen molar-refractivity contribution in [3.8, 4) is 5.75 Å². The molecule has 0 bridgehead atoms. The highest BCUT2D eigenvalue weighted by atomic mass is 35.5. The van der Waals surface area contributed by atoms with Crippen molar-refractivity contribution in [2.24, 2.45) is 0 Å². The number of benzene rings is 1. The molecule has 0 aromatic heterocycles. The second-order valence-electron chi connectivity index (χ2n) is 2.69. The first-order chi connectivity index (χ1) is 6.54. The summed E-state index contributed by atoms with van der Waals surface area (Å²) >= 11 is 11.3. The zero-order valence-corrected chi connectivity index (χ0v) is 8.99. The number of halogens is 2. The lowest BCUT2D eigenvalue weighted by Crippen LogP contribution is -2.09. The molecule has 0 atom stereocenters. The fourth-order valence-corrected chi connectivity index (χ4v) is 1.37. The highest BCUT2D eigenvalue weighted by Crippen LogP contribution is 2.34. The first-order valence-electron chi connectivity index (χ1n) is 4.02. The Morgan fingerprint density at radius 1 is 1.43 bits per heavy atom. The van der Waals surface area contributed by atoms with E-state index in [2.05, 4.69) is 5.32 Å². The lowest BCUT2D eigenvalue weighted by atomic mass is 10.3. The fourth-order valence-electron chi connectivity index (χ4n) is 0.887. The van der Waals surface area contributed by atoms with Crippen LogP contribution in [-0.4, -0.2) is 11.0 Å². The van der Waals surface area contributed by atoms with E-state index in [4.69, 9.17) is 23.2 Å². The van der Waals surface area contributed by atoms with Gasteiger partial charge in [-0.3, -0.25) is 4.79 Å². The minimum absolute atomic E-state index is 0.115. The van der Waals surface area contributed by atoms with Crippen LogP contribution in [0.2, 0.25) is 10.0 Å². The van der Waals surface area contributed by atoms with Gasteiger partial charge in [0.1, 0.15) is 0 Å². The van der Waals surface area contributed by atoms with E-state index in [0.717, 1.165) is 0 Å². The van der Waals surface area contributed by atoms with Gasteiger partial charge in [0, 0.05) is 12.1 Å². The monoisotopic (exact) mass is 233 g/mol. The number of hydrogen-bond acceptors (Lipinski definition) is 2. The molecule has 76 valence electrons. The van der Waals surface area contributed by atoms with Crippen molar-refractivity contribution >= 4 is 34.8 Å². The number of carbonyl (C=O) groups is 1. The van der Waals surface area contributed by atoms with E-state index in [9.17, 15) is 9.90 Å². The molecule has 0 unspecified atom stereocenters. The lowest BCUT2D eigenvalue weighted by Gasteiger charge is -2.06. The molecule has 1 aromatic rings. The summed E-state index contributed by atoms with van der Waals surface area (Å²) in [5.41, 5.74) is 0.477. The van der Waals surface area contributed by atoms with Gasteiger partial charge < -0.3 is 10.4 Å². The average molecular weight is 234 g/mol. The van der Waals surface area contributed by atoms with Gasteiger partial charge in [-0.15, -0.1) is 0 Å². The molecule has 0 heterocycles. The number of amides is 1. The lowest BCUT2D eigenvalue weighted by molar-refractivity contribution is -0.115. The van der Waals surface area contributed by atoms with Gasteiger partial charge in [0.05, 0.1) is 10.0 Å². The molecule has 1 amide bonds. The number of phenols is 1. The highest BCUT2D eigenvalue weighted by Gasteiger charge is 2.07. The number of nitrogens with one attached hydrogen (secondary N) is 1. The SMILES string of the molecule is CCC(=O)Nc1cc(Cl)c(O)c(Cl)c1. The van der Waals surface area contributed by atoms with Gasteiger partial charge >= 0.3 is 0 Å². The molecule has 14 heavy (non-hydrogen) atoms. The Morgan fingerprint density at radius 2 is 1.93 bits per heavy atom. The Balaban J connectivity index is 2.95. The largest absolute Gasteiger partial charge is 0.505 e. The van der Waals surface area contributed by atoms with Crippen LogP contribution in [0.25, 0.3) is 0 Å². The van der Waals surface area contributed by atoms with E-state index in [1.165, 1.54) is 12.1 Å². The van der Waals surface area contributed by atoms with Gasteiger partial charge in [0.25, 0.3) is 0 Å². The maximum atomic E-state index is 11.0. The van der Waals surface area contributed by atoms with E-state index in [0.29, 0.717) is 12.1 Å². The van der Waals surface area contributed by atoms with E-state index in [1.807, 2.05) is 0 Å². The zero-order valence-electron chi connectivity index (χ0n) is 7.47. The third-order valence-electron chi connectivity index (χ3n) is 1.62. The molecule has 0 saturated heterocycles. The molecule has 1 aromatic carbocycles. The van der Waals surface area contributed by atoms with Gasteiger partial charge in [-0.2, -0.15) is 0 Å². The maximum Gasteiger partial charge on any atom is 0.224 e. The number of rotatable bonds is 2.